The van der Waals surface area contributed by atoms with Crippen LogP contribution in [0.5, 0.6) is 0 Å². The van der Waals surface area contributed by atoms with E-state index in [9.17, 15) is 23.6 Å². The molecule has 0 radical (unpaired) electrons. The van der Waals surface area contributed by atoms with Gasteiger partial charge in [-0.15, -0.1) is 0 Å². The molecular weight excluding hydrogens is 551 g/mol. The Bertz CT molecular complexity index is 1950. The van der Waals surface area contributed by atoms with Crippen molar-refractivity contribution < 1.29 is 23.6 Å². The highest BCUT2D eigenvalue weighted by Crippen LogP contribution is 2.39. The fraction of sp³-hybridized carbons (Fsp3) is 0.125. The molecule has 0 bridgehead atoms. The van der Waals surface area contributed by atoms with Crippen molar-refractivity contribution in [1.29, 1.82) is 0 Å². The Labute approximate surface area is 244 Å². The molecule has 10 nitrogen and oxygen atoms in total. The van der Waals surface area contributed by atoms with Gasteiger partial charge < -0.3 is 32.0 Å². The fourth-order valence-corrected chi connectivity index (χ4v) is 5.54. The molecular formula is C32H27FN6O4. The predicted molar refractivity (Wildman–Crippen MR) is 161 cm³/mol. The maximum absolute atomic E-state index is 13.4. The molecule has 1 aliphatic rings. The van der Waals surface area contributed by atoms with Gasteiger partial charge in [0.25, 0.3) is 17.7 Å². The summed E-state index contributed by atoms with van der Waals surface area (Å²) in [5, 5.41) is 7.02. The van der Waals surface area contributed by atoms with Crippen molar-refractivity contribution in [2.45, 2.75) is 6.54 Å². The fourth-order valence-electron chi connectivity index (χ4n) is 5.54. The molecule has 1 fully saturated rings. The summed E-state index contributed by atoms with van der Waals surface area (Å²) in [6.45, 7) is 0.854. The van der Waals surface area contributed by atoms with E-state index in [1.807, 2.05) is 6.07 Å². The van der Waals surface area contributed by atoms with Crippen LogP contribution in [0.4, 0.5) is 10.1 Å². The Morgan fingerprint density at radius 1 is 0.953 bits per heavy atom. The number of hydrogen-bond donors (Lipinski definition) is 5. The van der Waals surface area contributed by atoms with E-state index in [0.717, 1.165) is 16.5 Å². The van der Waals surface area contributed by atoms with Crippen LogP contribution >= 0.6 is 0 Å². The molecule has 1 aromatic heterocycles. The molecule has 216 valence electrons. The van der Waals surface area contributed by atoms with E-state index >= 15 is 0 Å². The van der Waals surface area contributed by atoms with Crippen molar-refractivity contribution in [1.82, 2.24) is 15.2 Å². The largest absolute Gasteiger partial charge is 0.366 e. The number of fused-ring (bicyclic) bond motifs is 3. The van der Waals surface area contributed by atoms with E-state index < -0.39 is 17.6 Å². The monoisotopic (exact) mass is 578 g/mol. The Morgan fingerprint density at radius 2 is 1.72 bits per heavy atom. The van der Waals surface area contributed by atoms with E-state index in [1.54, 1.807) is 42.5 Å². The molecule has 5 aromatic rings. The molecule has 7 N–H and O–H groups in total. The number of halogens is 1. The van der Waals surface area contributed by atoms with Crippen molar-refractivity contribution in [3.8, 4) is 11.1 Å². The van der Waals surface area contributed by atoms with Gasteiger partial charge in [0, 0.05) is 52.7 Å². The number of carbonyl (C=O) groups excluding carboxylic acids is 4. The quantitative estimate of drug-likeness (QED) is 0.208. The number of aromatic amines is 1. The topological polar surface area (TPSA) is 163 Å². The second kappa shape index (κ2) is 11.0. The lowest BCUT2D eigenvalue weighted by atomic mass is 9.92. The number of nitrogens with one attached hydrogen (secondary N) is 3. The molecule has 0 saturated carbocycles. The van der Waals surface area contributed by atoms with Crippen molar-refractivity contribution in [3.05, 3.63) is 101 Å². The maximum Gasteiger partial charge on any atom is 0.255 e. The van der Waals surface area contributed by atoms with Gasteiger partial charge in [0.2, 0.25) is 5.91 Å². The molecule has 43 heavy (non-hydrogen) atoms. The SMILES string of the molecule is NCc1c(NC(=O)c2ccc(F)cc2)cccc1-c1ccc(C(N)=O)c2[nH]c3cc(C(=O)N4CCNC(=O)C4)ccc3c12. The Balaban J connectivity index is 1.46. The Morgan fingerprint density at radius 3 is 2.44 bits per heavy atom. The summed E-state index contributed by atoms with van der Waals surface area (Å²) in [5.74, 6) is -1.98. The third kappa shape index (κ3) is 5.06. The number of rotatable bonds is 6. The van der Waals surface area contributed by atoms with Crippen molar-refractivity contribution in [3.63, 3.8) is 0 Å². The highest BCUT2D eigenvalue weighted by atomic mass is 19.1. The zero-order valence-electron chi connectivity index (χ0n) is 22.9. The number of piperazine rings is 1. The third-order valence-electron chi connectivity index (χ3n) is 7.62. The summed E-state index contributed by atoms with van der Waals surface area (Å²) >= 11 is 0. The van der Waals surface area contributed by atoms with Crippen LogP contribution in [0.15, 0.2) is 72.8 Å². The lowest BCUT2D eigenvalue weighted by Crippen LogP contribution is -2.49. The minimum Gasteiger partial charge on any atom is -0.366 e. The molecule has 1 aliphatic heterocycles. The molecule has 0 aliphatic carbocycles. The van der Waals surface area contributed by atoms with Crippen molar-refractivity contribution >= 4 is 51.1 Å². The van der Waals surface area contributed by atoms with Gasteiger partial charge in [0.15, 0.2) is 0 Å². The average molecular weight is 579 g/mol. The smallest absolute Gasteiger partial charge is 0.255 e. The molecule has 1 saturated heterocycles. The van der Waals surface area contributed by atoms with Crippen LogP contribution in [-0.2, 0) is 11.3 Å². The molecule has 6 rings (SSSR count). The molecule has 4 amide bonds. The van der Waals surface area contributed by atoms with Crippen LogP contribution in [0.2, 0.25) is 0 Å². The normalized spacial score (nSPS) is 13.3. The molecule has 11 heteroatoms. The van der Waals surface area contributed by atoms with Gasteiger partial charge in [-0.05, 0) is 65.2 Å². The number of anilines is 1. The summed E-state index contributed by atoms with van der Waals surface area (Å²) in [4.78, 5) is 55.1. The number of nitrogens with zero attached hydrogens (tertiary/aromatic N) is 1. The van der Waals surface area contributed by atoms with Gasteiger partial charge in [-0.2, -0.15) is 0 Å². The third-order valence-corrected chi connectivity index (χ3v) is 7.62. The van der Waals surface area contributed by atoms with E-state index in [2.05, 4.69) is 15.6 Å². The van der Waals surface area contributed by atoms with E-state index in [4.69, 9.17) is 11.5 Å². The molecule has 2 heterocycles. The van der Waals surface area contributed by atoms with Crippen LogP contribution < -0.4 is 22.1 Å². The highest BCUT2D eigenvalue weighted by Gasteiger charge is 2.24. The Kier molecular flexibility index (Phi) is 7.08. The standard InChI is InChI=1S/C32H27FN6O4/c33-19-7-4-17(5-8-19)31(42)38-25-3-1-2-20(24(25)15-34)21-10-11-23(30(35)41)29-28(21)22-9-6-18(14-26(22)37-29)32(43)39-13-12-36-27(40)16-39/h1-11,14,37H,12-13,15-16,34H2,(H2,35,41)(H,36,40)(H,38,42). The number of H-pyrrole nitrogens is 1. The molecule has 0 atom stereocenters. The van der Waals surface area contributed by atoms with E-state index in [1.165, 1.54) is 29.2 Å². The van der Waals surface area contributed by atoms with E-state index in [-0.39, 0.29) is 36.0 Å². The summed E-state index contributed by atoms with van der Waals surface area (Å²) < 4.78 is 13.4. The number of hydrogen-bond acceptors (Lipinski definition) is 5. The predicted octanol–water partition coefficient (Wildman–Crippen LogP) is 3.51. The van der Waals surface area contributed by atoms with Crippen LogP contribution in [0.1, 0.15) is 36.6 Å². The molecule has 4 aromatic carbocycles. The minimum absolute atomic E-state index is 0.0184. The summed E-state index contributed by atoms with van der Waals surface area (Å²) in [6.07, 6.45) is 0. The second-order valence-electron chi connectivity index (χ2n) is 10.2. The maximum atomic E-state index is 13.4. The van der Waals surface area contributed by atoms with Crippen LogP contribution in [0.3, 0.4) is 0 Å². The first kappa shape index (κ1) is 27.6. The first-order valence-electron chi connectivity index (χ1n) is 13.6. The Hall–Kier alpha value is -5.55. The minimum atomic E-state index is -0.627. The highest BCUT2D eigenvalue weighted by molar-refractivity contribution is 6.21. The van der Waals surface area contributed by atoms with E-state index in [0.29, 0.717) is 46.3 Å². The van der Waals surface area contributed by atoms with Crippen LogP contribution in [-0.4, -0.2) is 53.1 Å². The summed E-state index contributed by atoms with van der Waals surface area (Å²) in [5.41, 5.74) is 16.6. The van der Waals surface area contributed by atoms with Crippen LogP contribution in [0.25, 0.3) is 32.9 Å². The van der Waals surface area contributed by atoms with Gasteiger partial charge in [0.1, 0.15) is 5.82 Å². The molecule has 0 spiro atoms. The van der Waals surface area contributed by atoms with Gasteiger partial charge in [-0.1, -0.05) is 24.3 Å². The summed E-state index contributed by atoms with van der Waals surface area (Å²) in [7, 11) is 0. The number of aromatic nitrogens is 1. The lowest BCUT2D eigenvalue weighted by Gasteiger charge is -2.26. The van der Waals surface area contributed by atoms with Gasteiger partial charge >= 0.3 is 0 Å². The van der Waals surface area contributed by atoms with Gasteiger partial charge in [0.05, 0.1) is 17.6 Å². The summed E-state index contributed by atoms with van der Waals surface area (Å²) in [6, 6.07) is 19.2. The number of nitrogens with two attached hydrogens (primary N) is 2. The average Bonchev–Trinajstić information content (AvgIpc) is 3.39. The van der Waals surface area contributed by atoms with Crippen molar-refractivity contribution in [2.75, 3.05) is 25.0 Å². The molecule has 0 unspecified atom stereocenters. The number of primary amides is 1. The number of amides is 4. The zero-order chi connectivity index (χ0) is 30.2. The number of carbonyl (C=O) groups is 4. The van der Waals surface area contributed by atoms with Crippen LogP contribution in [0, 0.1) is 5.82 Å². The zero-order valence-corrected chi connectivity index (χ0v) is 22.9. The first-order chi connectivity index (χ1) is 20.7. The number of benzene rings is 4. The second-order valence-corrected chi connectivity index (χ2v) is 10.2. The lowest BCUT2D eigenvalue weighted by molar-refractivity contribution is -0.123. The first-order valence-corrected chi connectivity index (χ1v) is 13.6. The van der Waals surface area contributed by atoms with Gasteiger partial charge in [-0.25, -0.2) is 4.39 Å². The van der Waals surface area contributed by atoms with Crippen molar-refractivity contribution in [2.24, 2.45) is 11.5 Å². The van der Waals surface area contributed by atoms with Gasteiger partial charge in [-0.3, -0.25) is 19.2 Å².